The van der Waals surface area contributed by atoms with Gasteiger partial charge >= 0.3 is 0 Å². The molecule has 6 nitrogen and oxygen atoms in total. The summed E-state index contributed by atoms with van der Waals surface area (Å²) in [6.45, 7) is 0. The number of carbonyl (C=O) groups excluding carboxylic acids is 2. The molecule has 6 heteroatoms. The zero-order chi connectivity index (χ0) is 20.6. The van der Waals surface area contributed by atoms with Crippen molar-refractivity contribution in [1.82, 2.24) is 10.9 Å². The second-order valence-corrected chi connectivity index (χ2v) is 6.30. The van der Waals surface area contributed by atoms with Crippen LogP contribution in [0.2, 0.25) is 0 Å². The minimum absolute atomic E-state index is 0.168. The fourth-order valence-corrected chi connectivity index (χ4v) is 2.97. The Hall–Kier alpha value is -3.80. The van der Waals surface area contributed by atoms with E-state index >= 15 is 0 Å². The smallest absolute Gasteiger partial charge is 0.262 e. The monoisotopic (exact) mass is 390 g/mol. The van der Waals surface area contributed by atoms with E-state index in [4.69, 9.17) is 9.47 Å². The number of rotatable bonds is 6. The maximum absolute atomic E-state index is 12.2. The van der Waals surface area contributed by atoms with Gasteiger partial charge in [-0.1, -0.05) is 48.5 Å². The van der Waals surface area contributed by atoms with Crippen molar-refractivity contribution < 1.29 is 19.1 Å². The van der Waals surface area contributed by atoms with Crippen molar-refractivity contribution in [3.63, 3.8) is 0 Å². The minimum atomic E-state index is -0.439. The van der Waals surface area contributed by atoms with Crippen molar-refractivity contribution in [1.29, 1.82) is 0 Å². The molecule has 3 rings (SSSR count). The molecule has 0 aliphatic heterocycles. The van der Waals surface area contributed by atoms with Gasteiger partial charge in [0.25, 0.3) is 5.91 Å². The van der Waals surface area contributed by atoms with Crippen molar-refractivity contribution >= 4 is 28.7 Å². The van der Waals surface area contributed by atoms with Crippen LogP contribution < -0.4 is 20.3 Å². The lowest BCUT2D eigenvalue weighted by Crippen LogP contribution is -2.41. The van der Waals surface area contributed by atoms with E-state index in [2.05, 4.69) is 10.9 Å². The highest BCUT2D eigenvalue weighted by Crippen LogP contribution is 2.27. The fourth-order valence-electron chi connectivity index (χ4n) is 2.97. The summed E-state index contributed by atoms with van der Waals surface area (Å²) in [5.41, 5.74) is 6.49. The number of nitrogens with one attached hydrogen (secondary N) is 2. The molecule has 0 aromatic heterocycles. The largest absolute Gasteiger partial charge is 0.493 e. The molecular weight excluding hydrogens is 368 g/mol. The van der Waals surface area contributed by atoms with E-state index in [9.17, 15) is 9.59 Å². The third-order valence-corrected chi connectivity index (χ3v) is 4.39. The highest BCUT2D eigenvalue weighted by Gasteiger charge is 2.08. The summed E-state index contributed by atoms with van der Waals surface area (Å²) < 4.78 is 10.4. The molecule has 0 atom stereocenters. The molecule has 29 heavy (non-hydrogen) atoms. The molecule has 0 saturated carbocycles. The predicted octanol–water partition coefficient (Wildman–Crippen LogP) is 3.26. The first-order valence-corrected chi connectivity index (χ1v) is 9.06. The van der Waals surface area contributed by atoms with Crippen LogP contribution in [-0.4, -0.2) is 26.0 Å². The number of benzene rings is 3. The molecular formula is C23H22N2O4. The molecule has 0 aliphatic carbocycles. The Balaban J connectivity index is 1.56. The molecule has 0 fully saturated rings. The highest BCUT2D eigenvalue weighted by atomic mass is 16.5. The maximum Gasteiger partial charge on any atom is 0.262 e. The molecule has 0 radical (unpaired) electrons. The lowest BCUT2D eigenvalue weighted by Gasteiger charge is -2.08. The summed E-state index contributed by atoms with van der Waals surface area (Å²) >= 11 is 0. The molecule has 0 spiro atoms. The van der Waals surface area contributed by atoms with Gasteiger partial charge in [0.2, 0.25) is 5.91 Å². The number of methoxy groups -OCH3 is 2. The van der Waals surface area contributed by atoms with Gasteiger partial charge in [0.05, 0.1) is 20.6 Å². The average Bonchev–Trinajstić information content (AvgIpc) is 2.76. The maximum atomic E-state index is 12.2. The number of hydrazine groups is 1. The summed E-state index contributed by atoms with van der Waals surface area (Å²) in [4.78, 5) is 24.2. The molecule has 0 heterocycles. The zero-order valence-corrected chi connectivity index (χ0v) is 16.3. The summed E-state index contributed by atoms with van der Waals surface area (Å²) in [6.07, 6.45) is 3.12. The van der Waals surface area contributed by atoms with Gasteiger partial charge in [0.15, 0.2) is 11.5 Å². The van der Waals surface area contributed by atoms with Gasteiger partial charge in [-0.25, -0.2) is 0 Å². The van der Waals surface area contributed by atoms with Crippen LogP contribution in [0.15, 0.2) is 66.7 Å². The lowest BCUT2D eigenvalue weighted by atomic mass is 10.0. The Morgan fingerprint density at radius 1 is 0.897 bits per heavy atom. The number of ether oxygens (including phenoxy) is 2. The van der Waals surface area contributed by atoms with E-state index in [1.54, 1.807) is 38.5 Å². The fraction of sp³-hybridized carbons (Fsp3) is 0.130. The molecule has 0 bridgehead atoms. The summed E-state index contributed by atoms with van der Waals surface area (Å²) in [5, 5.41) is 2.09. The van der Waals surface area contributed by atoms with Crippen LogP contribution in [0.3, 0.4) is 0 Å². The molecule has 0 saturated heterocycles. The quantitative estimate of drug-likeness (QED) is 0.500. The molecule has 2 amide bonds. The number of amides is 2. The van der Waals surface area contributed by atoms with Crippen LogP contribution in [-0.2, 0) is 16.0 Å². The topological polar surface area (TPSA) is 76.7 Å². The third-order valence-electron chi connectivity index (χ3n) is 4.39. The normalized spacial score (nSPS) is 10.7. The van der Waals surface area contributed by atoms with E-state index in [1.807, 2.05) is 42.5 Å². The second kappa shape index (κ2) is 9.41. The first-order chi connectivity index (χ1) is 14.1. The third kappa shape index (κ3) is 5.13. The number of fused-ring (bicyclic) bond motifs is 1. The predicted molar refractivity (Wildman–Crippen MR) is 113 cm³/mol. The van der Waals surface area contributed by atoms with Crippen molar-refractivity contribution in [2.75, 3.05) is 14.2 Å². The first kappa shape index (κ1) is 19.9. The molecule has 3 aromatic carbocycles. The van der Waals surface area contributed by atoms with Gasteiger partial charge in [-0.2, -0.15) is 0 Å². The van der Waals surface area contributed by atoms with Crippen molar-refractivity contribution in [2.45, 2.75) is 6.42 Å². The summed E-state index contributed by atoms with van der Waals surface area (Å²) in [5.74, 6) is 0.438. The molecule has 0 aliphatic rings. The number of carbonyl (C=O) groups is 2. The molecule has 148 valence electrons. The van der Waals surface area contributed by atoms with E-state index in [0.29, 0.717) is 11.5 Å². The van der Waals surface area contributed by atoms with E-state index in [0.717, 1.165) is 21.9 Å². The van der Waals surface area contributed by atoms with Crippen LogP contribution in [0.5, 0.6) is 11.5 Å². The van der Waals surface area contributed by atoms with E-state index in [1.165, 1.54) is 6.08 Å². The number of hydrogen-bond acceptors (Lipinski definition) is 4. The van der Waals surface area contributed by atoms with E-state index in [-0.39, 0.29) is 12.3 Å². The molecule has 2 N–H and O–H groups in total. The van der Waals surface area contributed by atoms with Crippen LogP contribution in [0.1, 0.15) is 11.1 Å². The van der Waals surface area contributed by atoms with Gasteiger partial charge in [-0.15, -0.1) is 0 Å². The van der Waals surface area contributed by atoms with Crippen molar-refractivity contribution in [2.24, 2.45) is 0 Å². The SMILES string of the molecule is COc1ccc(/C=C/C(=O)NNC(=O)Cc2cccc3ccccc23)cc1OC. The zero-order valence-electron chi connectivity index (χ0n) is 16.3. The van der Waals surface area contributed by atoms with Gasteiger partial charge < -0.3 is 9.47 Å². The Kier molecular flexibility index (Phi) is 6.47. The van der Waals surface area contributed by atoms with Gasteiger partial charge in [0, 0.05) is 6.08 Å². The first-order valence-electron chi connectivity index (χ1n) is 9.06. The Morgan fingerprint density at radius 3 is 2.45 bits per heavy atom. The Morgan fingerprint density at radius 2 is 1.66 bits per heavy atom. The summed E-state index contributed by atoms with van der Waals surface area (Å²) in [7, 11) is 3.10. The molecule has 0 unspecified atom stereocenters. The van der Waals surface area contributed by atoms with Crippen molar-refractivity contribution in [3.05, 3.63) is 77.9 Å². The standard InChI is InChI=1S/C23H22N2O4/c1-28-20-12-10-16(14-21(20)29-2)11-13-22(26)24-25-23(27)15-18-8-5-7-17-6-3-4-9-19(17)18/h3-14H,15H2,1-2H3,(H,24,26)(H,25,27)/b13-11+. The van der Waals surface area contributed by atoms with Gasteiger partial charge in [-0.3, -0.25) is 20.4 Å². The van der Waals surface area contributed by atoms with Crippen LogP contribution in [0.25, 0.3) is 16.8 Å². The lowest BCUT2D eigenvalue weighted by molar-refractivity contribution is -0.126. The average molecular weight is 390 g/mol. The van der Waals surface area contributed by atoms with Gasteiger partial charge in [-0.05, 0) is 40.1 Å². The molecule has 3 aromatic rings. The number of hydrogen-bond donors (Lipinski definition) is 2. The Bertz CT molecular complexity index is 1050. The summed E-state index contributed by atoms with van der Waals surface area (Å²) in [6, 6.07) is 19.0. The minimum Gasteiger partial charge on any atom is -0.493 e. The van der Waals surface area contributed by atoms with Gasteiger partial charge in [0.1, 0.15) is 0 Å². The van der Waals surface area contributed by atoms with E-state index < -0.39 is 5.91 Å². The highest BCUT2D eigenvalue weighted by molar-refractivity contribution is 5.94. The Labute approximate surface area is 169 Å². The van der Waals surface area contributed by atoms with Crippen molar-refractivity contribution in [3.8, 4) is 11.5 Å². The van der Waals surface area contributed by atoms with Crippen LogP contribution in [0, 0.1) is 0 Å². The van der Waals surface area contributed by atoms with Crippen LogP contribution in [0.4, 0.5) is 0 Å². The van der Waals surface area contributed by atoms with Crippen LogP contribution >= 0.6 is 0 Å². The second-order valence-electron chi connectivity index (χ2n) is 6.30.